The Morgan fingerprint density at radius 2 is 2.29 bits per heavy atom. The molecule has 1 heteroatoms. The molecule has 0 aromatic heterocycles. The van der Waals surface area contributed by atoms with Gasteiger partial charge in [0.15, 0.2) is 0 Å². The van der Waals surface area contributed by atoms with Gasteiger partial charge in [0.25, 0.3) is 0 Å². The first-order valence-electron chi connectivity index (χ1n) is 2.23. The number of nitriles is 1. The molecule has 0 fully saturated rings. The molecular formula is C6H9N. The first kappa shape index (κ1) is 6.23. The zero-order valence-corrected chi connectivity index (χ0v) is 4.73. The number of rotatable bonds is 1. The van der Waals surface area contributed by atoms with Crippen molar-refractivity contribution >= 4 is 0 Å². The predicted molar refractivity (Wildman–Crippen MR) is 29.6 cm³/mol. The summed E-state index contributed by atoms with van der Waals surface area (Å²) in [6.07, 6.45) is 0. The lowest BCUT2D eigenvalue weighted by Gasteiger charge is -1.94. The van der Waals surface area contributed by atoms with Crippen LogP contribution in [0.2, 0.25) is 0 Å². The molecule has 0 aromatic carbocycles. The molecule has 38 valence electrons. The largest absolute Gasteiger partial charge is 0.198 e. The van der Waals surface area contributed by atoms with Crippen molar-refractivity contribution in [3.05, 3.63) is 12.2 Å². The standard InChI is InChI=1S/C6H9N/c1-5(2)6(3)4-7/h6H,1H2,2-3H3. The third-order valence-electron chi connectivity index (χ3n) is 0.933. The van der Waals surface area contributed by atoms with Gasteiger partial charge in [-0.25, -0.2) is 0 Å². The van der Waals surface area contributed by atoms with Crippen molar-refractivity contribution in [2.24, 2.45) is 5.92 Å². The van der Waals surface area contributed by atoms with Gasteiger partial charge in [-0.3, -0.25) is 0 Å². The van der Waals surface area contributed by atoms with Crippen molar-refractivity contribution in [2.45, 2.75) is 13.8 Å². The SMILES string of the molecule is C=C(C)C(C)C#N. The van der Waals surface area contributed by atoms with Crippen LogP contribution in [0.4, 0.5) is 0 Å². The molecule has 0 aliphatic carbocycles. The summed E-state index contributed by atoms with van der Waals surface area (Å²) in [7, 11) is 0. The molecule has 1 nitrogen and oxygen atoms in total. The van der Waals surface area contributed by atoms with Crippen LogP contribution >= 0.6 is 0 Å². The van der Waals surface area contributed by atoms with Crippen molar-refractivity contribution < 1.29 is 0 Å². The molecule has 0 radical (unpaired) electrons. The highest BCUT2D eigenvalue weighted by atomic mass is 14.3. The van der Waals surface area contributed by atoms with E-state index in [1.54, 1.807) is 0 Å². The third-order valence-corrected chi connectivity index (χ3v) is 0.933. The summed E-state index contributed by atoms with van der Waals surface area (Å²) in [5, 5.41) is 8.19. The van der Waals surface area contributed by atoms with Crippen LogP contribution in [0, 0.1) is 17.2 Å². The Morgan fingerprint density at radius 3 is 2.29 bits per heavy atom. The van der Waals surface area contributed by atoms with Crippen LogP contribution in [0.3, 0.4) is 0 Å². The molecular weight excluding hydrogens is 86.1 g/mol. The van der Waals surface area contributed by atoms with Gasteiger partial charge in [0.1, 0.15) is 0 Å². The molecule has 0 aromatic rings. The van der Waals surface area contributed by atoms with Crippen LogP contribution in [-0.4, -0.2) is 0 Å². The lowest BCUT2D eigenvalue weighted by molar-refractivity contribution is 0.884. The summed E-state index contributed by atoms with van der Waals surface area (Å²) in [6.45, 7) is 7.29. The molecule has 0 saturated heterocycles. The topological polar surface area (TPSA) is 23.8 Å². The first-order valence-corrected chi connectivity index (χ1v) is 2.23. The molecule has 0 heterocycles. The summed E-state index contributed by atoms with van der Waals surface area (Å²) < 4.78 is 0. The molecule has 0 bridgehead atoms. The van der Waals surface area contributed by atoms with E-state index in [9.17, 15) is 0 Å². The maximum absolute atomic E-state index is 8.19. The first-order chi connectivity index (χ1) is 3.18. The van der Waals surface area contributed by atoms with Gasteiger partial charge in [0.2, 0.25) is 0 Å². The van der Waals surface area contributed by atoms with E-state index in [0.717, 1.165) is 5.57 Å². The molecule has 1 unspecified atom stereocenters. The minimum Gasteiger partial charge on any atom is -0.198 e. The molecule has 0 spiro atoms. The van der Waals surface area contributed by atoms with E-state index in [1.165, 1.54) is 0 Å². The molecule has 0 aliphatic heterocycles. The van der Waals surface area contributed by atoms with Gasteiger partial charge in [-0.05, 0) is 13.8 Å². The van der Waals surface area contributed by atoms with E-state index in [-0.39, 0.29) is 5.92 Å². The molecule has 1 atom stereocenters. The Balaban J connectivity index is 3.63. The lowest BCUT2D eigenvalue weighted by atomic mass is 10.1. The van der Waals surface area contributed by atoms with Gasteiger partial charge in [-0.2, -0.15) is 5.26 Å². The van der Waals surface area contributed by atoms with Gasteiger partial charge in [-0.15, -0.1) is 0 Å². The predicted octanol–water partition coefficient (Wildman–Crippen LogP) is 1.72. The molecule has 0 saturated carbocycles. The fraction of sp³-hybridized carbons (Fsp3) is 0.500. The van der Waals surface area contributed by atoms with Crippen LogP contribution in [0.5, 0.6) is 0 Å². The number of hydrogen-bond acceptors (Lipinski definition) is 1. The zero-order valence-electron chi connectivity index (χ0n) is 4.73. The fourth-order valence-electron chi connectivity index (χ4n) is 0.110. The minimum atomic E-state index is 0.0139. The monoisotopic (exact) mass is 95.1 g/mol. The van der Waals surface area contributed by atoms with Crippen molar-refractivity contribution in [3.8, 4) is 6.07 Å². The van der Waals surface area contributed by atoms with Gasteiger partial charge in [0.05, 0.1) is 12.0 Å². The maximum atomic E-state index is 8.19. The lowest BCUT2D eigenvalue weighted by Crippen LogP contribution is -1.87. The second kappa shape index (κ2) is 2.41. The molecule has 0 aliphatic rings. The Bertz CT molecular complexity index is 108. The maximum Gasteiger partial charge on any atom is 0.0697 e. The highest BCUT2D eigenvalue weighted by molar-refractivity contribution is 5.04. The normalized spacial score (nSPS) is 12.1. The van der Waals surface area contributed by atoms with E-state index in [4.69, 9.17) is 5.26 Å². The van der Waals surface area contributed by atoms with Crippen LogP contribution in [0.25, 0.3) is 0 Å². The van der Waals surface area contributed by atoms with Crippen molar-refractivity contribution in [3.63, 3.8) is 0 Å². The Hall–Kier alpha value is -0.770. The summed E-state index contributed by atoms with van der Waals surface area (Å²) in [6, 6.07) is 2.06. The quantitative estimate of drug-likeness (QED) is 0.455. The second-order valence-corrected chi connectivity index (χ2v) is 1.70. The summed E-state index contributed by atoms with van der Waals surface area (Å²) in [4.78, 5) is 0. The van der Waals surface area contributed by atoms with Gasteiger partial charge >= 0.3 is 0 Å². The average Bonchev–Trinajstić information content (AvgIpc) is 1.65. The zero-order chi connectivity index (χ0) is 5.86. The molecule has 0 rings (SSSR count). The van der Waals surface area contributed by atoms with E-state index in [1.807, 2.05) is 13.8 Å². The number of nitrogens with zero attached hydrogens (tertiary/aromatic N) is 1. The van der Waals surface area contributed by atoms with Gasteiger partial charge < -0.3 is 0 Å². The van der Waals surface area contributed by atoms with Crippen LogP contribution in [-0.2, 0) is 0 Å². The smallest absolute Gasteiger partial charge is 0.0697 e. The van der Waals surface area contributed by atoms with Gasteiger partial charge in [-0.1, -0.05) is 12.2 Å². The number of hydrogen-bond donors (Lipinski definition) is 0. The molecule has 0 amide bonds. The van der Waals surface area contributed by atoms with Gasteiger partial charge in [0, 0.05) is 0 Å². The van der Waals surface area contributed by atoms with Crippen LogP contribution < -0.4 is 0 Å². The Labute approximate surface area is 44.3 Å². The van der Waals surface area contributed by atoms with Crippen LogP contribution in [0.1, 0.15) is 13.8 Å². The summed E-state index contributed by atoms with van der Waals surface area (Å²) >= 11 is 0. The summed E-state index contributed by atoms with van der Waals surface area (Å²) in [5.41, 5.74) is 0.933. The third kappa shape index (κ3) is 1.99. The highest BCUT2D eigenvalue weighted by Crippen LogP contribution is 2.02. The highest BCUT2D eigenvalue weighted by Gasteiger charge is 1.95. The average molecular weight is 95.1 g/mol. The van der Waals surface area contributed by atoms with E-state index in [2.05, 4.69) is 12.6 Å². The van der Waals surface area contributed by atoms with Crippen LogP contribution in [0.15, 0.2) is 12.2 Å². The fourth-order valence-corrected chi connectivity index (χ4v) is 0.110. The molecule has 0 N–H and O–H groups in total. The minimum absolute atomic E-state index is 0.0139. The van der Waals surface area contributed by atoms with E-state index >= 15 is 0 Å². The van der Waals surface area contributed by atoms with E-state index in [0.29, 0.717) is 0 Å². The Morgan fingerprint density at radius 1 is 1.86 bits per heavy atom. The summed E-state index contributed by atoms with van der Waals surface area (Å²) in [5.74, 6) is 0.0139. The van der Waals surface area contributed by atoms with Crippen molar-refractivity contribution in [1.82, 2.24) is 0 Å². The number of allylic oxidation sites excluding steroid dienone is 1. The van der Waals surface area contributed by atoms with E-state index < -0.39 is 0 Å². The van der Waals surface area contributed by atoms with Crippen molar-refractivity contribution in [2.75, 3.05) is 0 Å². The second-order valence-electron chi connectivity index (χ2n) is 1.70. The molecule has 7 heavy (non-hydrogen) atoms. The van der Waals surface area contributed by atoms with Crippen molar-refractivity contribution in [1.29, 1.82) is 5.26 Å². The Kier molecular flexibility index (Phi) is 2.15.